The van der Waals surface area contributed by atoms with E-state index >= 15 is 0 Å². The lowest BCUT2D eigenvalue weighted by atomic mass is 10.2. The fourth-order valence-electron chi connectivity index (χ4n) is 2.07. The minimum atomic E-state index is -1.01. The van der Waals surface area contributed by atoms with Crippen molar-refractivity contribution in [3.05, 3.63) is 42.1 Å². The van der Waals surface area contributed by atoms with Crippen LogP contribution in [0.3, 0.4) is 0 Å². The van der Waals surface area contributed by atoms with Crippen LogP contribution in [0.15, 0.2) is 36.5 Å². The molecule has 0 aliphatic carbocycles. The largest absolute Gasteiger partial charge is 0.480 e. The number of methoxy groups -OCH3 is 1. The Balaban J connectivity index is 2.23. The third-order valence-electron chi connectivity index (χ3n) is 2.96. The van der Waals surface area contributed by atoms with Crippen LogP contribution in [-0.2, 0) is 0 Å². The van der Waals surface area contributed by atoms with E-state index in [9.17, 15) is 9.90 Å². The van der Waals surface area contributed by atoms with Crippen molar-refractivity contribution in [2.75, 3.05) is 7.11 Å². The molecule has 2 aromatic heterocycles. The lowest BCUT2D eigenvalue weighted by Crippen LogP contribution is -1.96. The quantitative estimate of drug-likeness (QED) is 0.761. The lowest BCUT2D eigenvalue weighted by Gasteiger charge is -2.03. The molecule has 100 valence electrons. The minimum Gasteiger partial charge on any atom is -0.480 e. The number of para-hydroxylation sites is 1. The zero-order chi connectivity index (χ0) is 14.1. The summed E-state index contributed by atoms with van der Waals surface area (Å²) < 4.78 is 5.19. The van der Waals surface area contributed by atoms with Crippen LogP contribution < -0.4 is 4.74 Å². The molecule has 0 saturated heterocycles. The number of aromatic amines is 1. The van der Waals surface area contributed by atoms with Crippen molar-refractivity contribution in [1.29, 1.82) is 0 Å². The predicted molar refractivity (Wildman–Crippen MR) is 72.8 cm³/mol. The second-order valence-electron chi connectivity index (χ2n) is 4.15. The first-order chi connectivity index (χ1) is 9.70. The van der Waals surface area contributed by atoms with Gasteiger partial charge in [-0.05, 0) is 24.3 Å². The van der Waals surface area contributed by atoms with Crippen molar-refractivity contribution in [3.8, 4) is 17.3 Å². The summed E-state index contributed by atoms with van der Waals surface area (Å²) in [6.45, 7) is 0. The number of hydrogen-bond donors (Lipinski definition) is 2. The van der Waals surface area contributed by atoms with Crippen LogP contribution in [0.4, 0.5) is 0 Å². The molecule has 20 heavy (non-hydrogen) atoms. The number of nitrogens with zero attached hydrogens (tertiary/aromatic N) is 2. The summed E-state index contributed by atoms with van der Waals surface area (Å²) in [4.78, 5) is 22.7. The number of aromatic carboxylic acids is 1. The van der Waals surface area contributed by atoms with Crippen LogP contribution in [-0.4, -0.2) is 33.1 Å². The van der Waals surface area contributed by atoms with Crippen LogP contribution in [0, 0.1) is 0 Å². The molecule has 0 spiro atoms. The van der Waals surface area contributed by atoms with Crippen molar-refractivity contribution < 1.29 is 14.6 Å². The Bertz CT molecular complexity index is 795. The number of imidazole rings is 1. The molecule has 2 heterocycles. The van der Waals surface area contributed by atoms with Gasteiger partial charge in [-0.3, -0.25) is 0 Å². The third kappa shape index (κ3) is 1.87. The summed E-state index contributed by atoms with van der Waals surface area (Å²) in [5.41, 5.74) is 1.92. The maximum absolute atomic E-state index is 11.2. The van der Waals surface area contributed by atoms with Gasteiger partial charge in [0.2, 0.25) is 5.88 Å². The number of H-pyrrole nitrogens is 1. The maximum atomic E-state index is 11.2. The molecular weight excluding hydrogens is 258 g/mol. The number of fused-ring (bicyclic) bond motifs is 1. The number of rotatable bonds is 3. The van der Waals surface area contributed by atoms with E-state index in [0.29, 0.717) is 28.3 Å². The zero-order valence-corrected chi connectivity index (χ0v) is 10.6. The monoisotopic (exact) mass is 269 g/mol. The van der Waals surface area contributed by atoms with E-state index < -0.39 is 5.97 Å². The standard InChI is InChI=1S/C14H11N3O3/c1-20-13-9(5-3-7-15-13)12-16-10-6-2-4-8(14(18)19)11(10)17-12/h2-7H,1H3,(H,16,17)(H,18,19). The number of nitrogens with one attached hydrogen (secondary N) is 1. The van der Waals surface area contributed by atoms with E-state index in [1.165, 1.54) is 13.2 Å². The number of pyridine rings is 1. The molecule has 2 N–H and O–H groups in total. The summed E-state index contributed by atoms with van der Waals surface area (Å²) in [6.07, 6.45) is 1.62. The van der Waals surface area contributed by atoms with E-state index in [1.54, 1.807) is 24.4 Å². The van der Waals surface area contributed by atoms with Crippen molar-refractivity contribution in [3.63, 3.8) is 0 Å². The smallest absolute Gasteiger partial charge is 0.337 e. The van der Waals surface area contributed by atoms with Crippen molar-refractivity contribution in [2.45, 2.75) is 0 Å². The lowest BCUT2D eigenvalue weighted by molar-refractivity contribution is 0.0699. The van der Waals surface area contributed by atoms with Crippen LogP contribution in [0.25, 0.3) is 22.4 Å². The van der Waals surface area contributed by atoms with Gasteiger partial charge in [0.05, 0.1) is 23.8 Å². The SMILES string of the molecule is COc1ncccc1-c1nc2c(C(=O)O)cccc2[nH]1. The molecular formula is C14H11N3O3. The first kappa shape index (κ1) is 12.2. The molecule has 0 saturated carbocycles. The van der Waals surface area contributed by atoms with E-state index in [1.807, 2.05) is 6.07 Å². The number of carbonyl (C=O) groups is 1. The first-order valence-corrected chi connectivity index (χ1v) is 5.92. The summed E-state index contributed by atoms with van der Waals surface area (Å²) in [6, 6.07) is 8.55. The zero-order valence-electron chi connectivity index (χ0n) is 10.6. The average Bonchev–Trinajstić information content (AvgIpc) is 2.90. The second-order valence-corrected chi connectivity index (χ2v) is 4.15. The van der Waals surface area contributed by atoms with Gasteiger partial charge in [-0.25, -0.2) is 14.8 Å². The van der Waals surface area contributed by atoms with E-state index in [-0.39, 0.29) is 5.56 Å². The number of aromatic nitrogens is 3. The van der Waals surface area contributed by atoms with Crippen molar-refractivity contribution in [2.24, 2.45) is 0 Å². The Morgan fingerprint density at radius 3 is 2.90 bits per heavy atom. The molecule has 6 nitrogen and oxygen atoms in total. The summed E-state index contributed by atoms with van der Waals surface area (Å²) in [7, 11) is 1.52. The molecule has 3 rings (SSSR count). The fraction of sp³-hybridized carbons (Fsp3) is 0.0714. The van der Waals surface area contributed by atoms with Crippen LogP contribution in [0.5, 0.6) is 5.88 Å². The highest BCUT2D eigenvalue weighted by atomic mass is 16.5. The molecule has 0 bridgehead atoms. The van der Waals surface area contributed by atoms with Crippen molar-refractivity contribution >= 4 is 17.0 Å². The molecule has 0 radical (unpaired) electrons. The Morgan fingerprint density at radius 2 is 2.15 bits per heavy atom. The summed E-state index contributed by atoms with van der Waals surface area (Å²) in [5.74, 6) is -0.0473. The number of carboxylic acid groups (broad SMARTS) is 1. The van der Waals surface area contributed by atoms with Crippen LogP contribution in [0.2, 0.25) is 0 Å². The Hall–Kier alpha value is -2.89. The molecule has 0 atom stereocenters. The maximum Gasteiger partial charge on any atom is 0.337 e. The summed E-state index contributed by atoms with van der Waals surface area (Å²) >= 11 is 0. The van der Waals surface area contributed by atoms with Gasteiger partial charge in [-0.15, -0.1) is 0 Å². The first-order valence-electron chi connectivity index (χ1n) is 5.92. The average molecular weight is 269 g/mol. The molecule has 6 heteroatoms. The topological polar surface area (TPSA) is 88.1 Å². The Kier molecular flexibility index (Phi) is 2.83. The molecule has 0 amide bonds. The van der Waals surface area contributed by atoms with Gasteiger partial charge in [0.15, 0.2) is 0 Å². The van der Waals surface area contributed by atoms with Gasteiger partial charge in [0, 0.05) is 6.20 Å². The number of ether oxygens (including phenoxy) is 1. The molecule has 3 aromatic rings. The molecule has 0 aliphatic heterocycles. The molecule has 0 fully saturated rings. The summed E-state index contributed by atoms with van der Waals surface area (Å²) in [5, 5.41) is 9.17. The van der Waals surface area contributed by atoms with Crippen LogP contribution in [0.1, 0.15) is 10.4 Å². The van der Waals surface area contributed by atoms with Gasteiger partial charge in [0.1, 0.15) is 11.3 Å². The Morgan fingerprint density at radius 1 is 1.30 bits per heavy atom. The number of benzene rings is 1. The molecule has 0 unspecified atom stereocenters. The van der Waals surface area contributed by atoms with E-state index in [2.05, 4.69) is 15.0 Å². The van der Waals surface area contributed by atoms with Crippen molar-refractivity contribution in [1.82, 2.24) is 15.0 Å². The van der Waals surface area contributed by atoms with Gasteiger partial charge in [-0.2, -0.15) is 0 Å². The predicted octanol–water partition coefficient (Wildman–Crippen LogP) is 2.33. The number of carboxylic acids is 1. The van der Waals surface area contributed by atoms with Gasteiger partial charge in [0.25, 0.3) is 0 Å². The third-order valence-corrected chi connectivity index (χ3v) is 2.96. The molecule has 0 aliphatic rings. The van der Waals surface area contributed by atoms with Gasteiger partial charge < -0.3 is 14.8 Å². The highest BCUT2D eigenvalue weighted by molar-refractivity contribution is 6.01. The van der Waals surface area contributed by atoms with E-state index in [4.69, 9.17) is 4.74 Å². The highest BCUT2D eigenvalue weighted by Crippen LogP contribution is 2.28. The molecule has 1 aromatic carbocycles. The number of hydrogen-bond acceptors (Lipinski definition) is 4. The fourth-order valence-corrected chi connectivity index (χ4v) is 2.07. The van der Waals surface area contributed by atoms with Gasteiger partial charge in [-0.1, -0.05) is 6.07 Å². The Labute approximate surface area is 114 Å². The van der Waals surface area contributed by atoms with Gasteiger partial charge >= 0.3 is 5.97 Å². The van der Waals surface area contributed by atoms with Crippen LogP contribution >= 0.6 is 0 Å². The minimum absolute atomic E-state index is 0.160. The van der Waals surface area contributed by atoms with E-state index in [0.717, 1.165) is 0 Å². The normalized spacial score (nSPS) is 10.7. The second kappa shape index (κ2) is 4.65. The highest BCUT2D eigenvalue weighted by Gasteiger charge is 2.15.